The molecule has 3 N–H and O–H groups in total. The lowest BCUT2D eigenvalue weighted by molar-refractivity contribution is -0.148. The maximum absolute atomic E-state index is 14.4. The molecule has 1 saturated heterocycles. The first-order chi connectivity index (χ1) is 28.9. The molecule has 61 heavy (non-hydrogen) atoms. The Bertz CT molecular complexity index is 1700. The Labute approximate surface area is 374 Å². The fraction of sp³-hybridized carbons (Fsp3) is 0.689. The third-order valence-corrected chi connectivity index (χ3v) is 13.2. The SMILES string of the molecule is CC[C@H](C)[C@@H]([C@@H](CC(=O)N1CCC[C@H]1[C@H](OC)[C@@H](C)C(=O)N[C@@H](Cc1ccccc1)c1nc(C(=O)NCCS)cs1)OC)N(C)C(=O)[C@@H](NC(=O)C(C(C)C)N(C)C)C(C)C. The molecule has 0 saturated carbocycles. The number of benzene rings is 1. The Morgan fingerprint density at radius 3 is 2.18 bits per heavy atom. The predicted molar refractivity (Wildman–Crippen MR) is 245 cm³/mol. The van der Waals surface area contributed by atoms with Gasteiger partial charge in [-0.15, -0.1) is 11.3 Å². The van der Waals surface area contributed by atoms with Crippen LogP contribution in [0.1, 0.15) is 101 Å². The Hall–Kier alpha value is -3.57. The summed E-state index contributed by atoms with van der Waals surface area (Å²) in [5.41, 5.74) is 1.28. The number of thiol groups is 1. The lowest BCUT2D eigenvalue weighted by atomic mass is 9.89. The van der Waals surface area contributed by atoms with E-state index in [1.54, 1.807) is 31.5 Å². The van der Waals surface area contributed by atoms with E-state index in [1.165, 1.54) is 11.3 Å². The summed E-state index contributed by atoms with van der Waals surface area (Å²) in [6.45, 7) is 14.6. The fourth-order valence-corrected chi connectivity index (χ4v) is 9.54. The lowest BCUT2D eigenvalue weighted by Gasteiger charge is -2.41. The average molecular weight is 888 g/mol. The number of thiazole rings is 1. The molecular formula is C45H73N7O7S2. The van der Waals surface area contributed by atoms with Crippen LogP contribution < -0.4 is 16.0 Å². The minimum atomic E-state index is -0.774. The highest BCUT2D eigenvalue weighted by atomic mass is 32.1. The van der Waals surface area contributed by atoms with Gasteiger partial charge in [-0.25, -0.2) is 4.98 Å². The monoisotopic (exact) mass is 888 g/mol. The molecule has 0 bridgehead atoms. The first kappa shape index (κ1) is 51.8. The van der Waals surface area contributed by atoms with Crippen molar-refractivity contribution in [2.24, 2.45) is 23.7 Å². The van der Waals surface area contributed by atoms with Crippen LogP contribution in [0.2, 0.25) is 0 Å². The van der Waals surface area contributed by atoms with E-state index in [-0.39, 0.29) is 65.4 Å². The van der Waals surface area contributed by atoms with Gasteiger partial charge in [-0.3, -0.25) is 28.9 Å². The number of methoxy groups -OCH3 is 2. The van der Waals surface area contributed by atoms with Crippen LogP contribution in [0, 0.1) is 23.7 Å². The number of nitrogens with zero attached hydrogens (tertiary/aromatic N) is 4. The van der Waals surface area contributed by atoms with Gasteiger partial charge in [0.15, 0.2) is 0 Å². The molecule has 1 aromatic heterocycles. The third kappa shape index (κ3) is 14.0. The number of likely N-dealkylation sites (tertiary alicyclic amines) is 1. The molecule has 342 valence electrons. The van der Waals surface area contributed by atoms with Gasteiger partial charge in [0.2, 0.25) is 23.6 Å². The van der Waals surface area contributed by atoms with Crippen LogP contribution >= 0.6 is 24.0 Å². The van der Waals surface area contributed by atoms with E-state index in [1.807, 2.05) is 103 Å². The molecule has 9 atom stereocenters. The third-order valence-electron chi connectivity index (χ3n) is 12.0. The summed E-state index contributed by atoms with van der Waals surface area (Å²) >= 11 is 5.49. The molecule has 1 aliphatic rings. The molecule has 5 amide bonds. The molecule has 14 nitrogen and oxygen atoms in total. The van der Waals surface area contributed by atoms with Crippen molar-refractivity contribution < 1.29 is 33.4 Å². The molecule has 0 spiro atoms. The normalized spacial score (nSPS) is 18.2. The van der Waals surface area contributed by atoms with Crippen LogP contribution in [0.15, 0.2) is 35.7 Å². The van der Waals surface area contributed by atoms with Crippen molar-refractivity contribution in [2.75, 3.05) is 54.2 Å². The first-order valence-electron chi connectivity index (χ1n) is 21.7. The number of rotatable bonds is 24. The topological polar surface area (TPSA) is 163 Å². The van der Waals surface area contributed by atoms with Crippen molar-refractivity contribution in [3.8, 4) is 0 Å². The Morgan fingerprint density at radius 2 is 1.62 bits per heavy atom. The zero-order valence-electron chi connectivity index (χ0n) is 38.5. The summed E-state index contributed by atoms with van der Waals surface area (Å²) in [7, 11) is 8.58. The molecule has 3 rings (SSSR count). The molecule has 0 radical (unpaired) electrons. The first-order valence-corrected chi connectivity index (χ1v) is 23.2. The molecule has 0 aliphatic carbocycles. The van der Waals surface area contributed by atoms with E-state index in [0.717, 1.165) is 18.4 Å². The van der Waals surface area contributed by atoms with Crippen molar-refractivity contribution in [1.29, 1.82) is 0 Å². The van der Waals surface area contributed by atoms with Crippen LogP contribution in [0.5, 0.6) is 0 Å². The number of carbonyl (C=O) groups excluding carboxylic acids is 5. The average Bonchev–Trinajstić information content (AvgIpc) is 3.92. The standard InChI is InChI=1S/C45H73N7O7S2/c1-13-29(6)39(51(10)45(57)37(27(2)3)49-43(56)38(28(4)5)50(8)9)35(58-11)25-36(53)52-22-17-20-34(52)40(59-12)30(7)41(54)47-32(24-31-18-15-14-16-19-31)44-48-33(26-61-44)42(55)46-21-23-60/h14-16,18-19,26-30,32,34-35,37-40,60H,13,17,20-25H2,1-12H3,(H,46,55)(H,47,54)(H,49,56)/t29-,30+,32-,34-,35+,37-,38?,39-,40+/m0/s1. The van der Waals surface area contributed by atoms with Crippen LogP contribution in [0.25, 0.3) is 0 Å². The highest BCUT2D eigenvalue weighted by Crippen LogP contribution is 2.31. The molecule has 2 heterocycles. The van der Waals surface area contributed by atoms with Crippen molar-refractivity contribution >= 4 is 53.5 Å². The van der Waals surface area contributed by atoms with Gasteiger partial charge in [-0.05, 0) is 56.7 Å². The zero-order chi connectivity index (χ0) is 45.6. The number of carbonyl (C=O) groups is 5. The van der Waals surface area contributed by atoms with E-state index >= 15 is 0 Å². The van der Waals surface area contributed by atoms with Gasteiger partial charge < -0.3 is 35.2 Å². The molecule has 2 aromatic rings. The molecular weight excluding hydrogens is 815 g/mol. The van der Waals surface area contributed by atoms with E-state index in [2.05, 4.69) is 33.6 Å². The molecule has 1 aliphatic heterocycles. The summed E-state index contributed by atoms with van der Waals surface area (Å²) in [6, 6.07) is 7.24. The number of ether oxygens (including phenoxy) is 2. The smallest absolute Gasteiger partial charge is 0.270 e. The fourth-order valence-electron chi connectivity index (χ4n) is 8.58. The van der Waals surface area contributed by atoms with Gasteiger partial charge in [0.25, 0.3) is 5.91 Å². The zero-order valence-corrected chi connectivity index (χ0v) is 40.2. The summed E-state index contributed by atoms with van der Waals surface area (Å²) < 4.78 is 12.1. The minimum absolute atomic E-state index is 0.0124. The highest BCUT2D eigenvalue weighted by molar-refractivity contribution is 7.80. The summed E-state index contributed by atoms with van der Waals surface area (Å²) in [4.78, 5) is 79.1. The maximum Gasteiger partial charge on any atom is 0.270 e. The lowest BCUT2D eigenvalue weighted by Crippen LogP contribution is -2.59. The van der Waals surface area contributed by atoms with Crippen LogP contribution in [0.3, 0.4) is 0 Å². The van der Waals surface area contributed by atoms with Crippen LogP contribution in [-0.4, -0.2) is 140 Å². The van der Waals surface area contributed by atoms with Crippen LogP contribution in [0.4, 0.5) is 0 Å². The minimum Gasteiger partial charge on any atom is -0.379 e. The van der Waals surface area contributed by atoms with Gasteiger partial charge in [-0.1, -0.05) is 85.2 Å². The maximum atomic E-state index is 14.4. The summed E-state index contributed by atoms with van der Waals surface area (Å²) in [5.74, 6) is -1.49. The van der Waals surface area contributed by atoms with Gasteiger partial charge in [0.1, 0.15) is 16.7 Å². The summed E-state index contributed by atoms with van der Waals surface area (Å²) in [5, 5.41) is 11.3. The molecule has 1 aromatic carbocycles. The summed E-state index contributed by atoms with van der Waals surface area (Å²) in [6.07, 6.45) is 1.33. The number of hydrogen-bond acceptors (Lipinski definition) is 11. The number of nitrogens with one attached hydrogen (secondary N) is 3. The van der Waals surface area contributed by atoms with Gasteiger partial charge in [0, 0.05) is 45.5 Å². The van der Waals surface area contributed by atoms with E-state index < -0.39 is 42.3 Å². The van der Waals surface area contributed by atoms with E-state index in [0.29, 0.717) is 36.7 Å². The predicted octanol–water partition coefficient (Wildman–Crippen LogP) is 4.85. The number of amides is 5. The van der Waals surface area contributed by atoms with Gasteiger partial charge in [-0.2, -0.15) is 12.6 Å². The van der Waals surface area contributed by atoms with Gasteiger partial charge in [0.05, 0.1) is 48.7 Å². The molecule has 1 unspecified atom stereocenters. The van der Waals surface area contributed by atoms with Crippen molar-refractivity contribution in [1.82, 2.24) is 35.6 Å². The second kappa shape index (κ2) is 24.9. The molecule has 1 fully saturated rings. The Balaban J connectivity index is 1.82. The van der Waals surface area contributed by atoms with Crippen molar-refractivity contribution in [3.63, 3.8) is 0 Å². The van der Waals surface area contributed by atoms with E-state index in [4.69, 9.17) is 9.47 Å². The number of hydrogen-bond donors (Lipinski definition) is 4. The number of aromatic nitrogens is 1. The van der Waals surface area contributed by atoms with Crippen molar-refractivity contribution in [2.45, 2.75) is 123 Å². The Morgan fingerprint density at radius 1 is 0.951 bits per heavy atom. The second-order valence-corrected chi connectivity index (χ2v) is 18.6. The second-order valence-electron chi connectivity index (χ2n) is 17.3. The highest BCUT2D eigenvalue weighted by Gasteiger charge is 2.43. The molecule has 16 heteroatoms. The quantitative estimate of drug-likeness (QED) is 0.108. The van der Waals surface area contributed by atoms with E-state index in [9.17, 15) is 24.0 Å². The largest absolute Gasteiger partial charge is 0.379 e. The van der Waals surface area contributed by atoms with Crippen molar-refractivity contribution in [3.05, 3.63) is 52.0 Å². The van der Waals surface area contributed by atoms with Gasteiger partial charge >= 0.3 is 0 Å². The number of likely N-dealkylation sites (N-methyl/N-ethyl adjacent to an activating group) is 2. The Kier molecular flexibility index (Phi) is 21.1. The van der Waals surface area contributed by atoms with Crippen LogP contribution in [-0.2, 0) is 35.1 Å².